The molecule has 0 saturated heterocycles. The van der Waals surface area contributed by atoms with Gasteiger partial charge in [-0.25, -0.2) is 9.79 Å². The first-order valence-corrected chi connectivity index (χ1v) is 5.12. The molecule has 2 aromatic rings. The van der Waals surface area contributed by atoms with Crippen LogP contribution in [0.3, 0.4) is 0 Å². The Hall–Kier alpha value is -1.81. The summed E-state index contributed by atoms with van der Waals surface area (Å²) in [6.45, 7) is 0.619. The number of hydrogen-bond donors (Lipinski definition) is 3. The number of H-pyrrole nitrogens is 1. The Morgan fingerprint density at radius 2 is 2.18 bits per heavy atom. The Balaban J connectivity index is 0.00000144. The highest BCUT2D eigenvalue weighted by molar-refractivity contribution is 6.19. The minimum absolute atomic E-state index is 0. The molecule has 0 unspecified atom stereocenters. The Labute approximate surface area is 105 Å². The van der Waals surface area contributed by atoms with Crippen molar-refractivity contribution in [3.8, 4) is 0 Å². The third-order valence-corrected chi connectivity index (χ3v) is 2.44. The van der Waals surface area contributed by atoms with E-state index < -0.39 is 5.97 Å². The number of fused-ring (bicyclic) bond motifs is 1. The van der Waals surface area contributed by atoms with Crippen LogP contribution >= 0.6 is 0 Å². The Morgan fingerprint density at radius 3 is 2.94 bits per heavy atom. The van der Waals surface area contributed by atoms with Crippen LogP contribution in [-0.2, 0) is 11.2 Å². The first-order chi connectivity index (χ1) is 7.77. The Kier molecular flexibility index (Phi) is 4.72. The lowest BCUT2D eigenvalue weighted by Gasteiger charge is -1.92. The number of carboxylic acid groups (broad SMARTS) is 1. The lowest BCUT2D eigenvalue weighted by molar-refractivity contribution is -0.450. The highest BCUT2D eigenvalue weighted by atomic mass is 35.5. The second-order valence-corrected chi connectivity index (χ2v) is 3.55. The summed E-state index contributed by atoms with van der Waals surface area (Å²) in [7, 11) is 0. The number of aromatic nitrogens is 1. The number of benzene rings is 1. The molecular weight excluding hydrogens is 240 g/mol. The van der Waals surface area contributed by atoms with E-state index >= 15 is 0 Å². The van der Waals surface area contributed by atoms with E-state index in [1.807, 2.05) is 24.4 Å². The van der Waals surface area contributed by atoms with Crippen molar-refractivity contribution in [2.24, 2.45) is 0 Å². The molecule has 0 spiro atoms. The molecule has 0 aliphatic heterocycles. The summed E-state index contributed by atoms with van der Waals surface area (Å²) >= 11 is 0. The number of halogens is 1. The number of para-hydroxylation sites is 1. The maximum atomic E-state index is 10.2. The zero-order chi connectivity index (χ0) is 11.4. The van der Waals surface area contributed by atoms with Crippen molar-refractivity contribution in [2.45, 2.75) is 6.42 Å². The zero-order valence-electron chi connectivity index (χ0n) is 9.11. The fraction of sp³-hybridized carbons (Fsp3) is 0.167. The van der Waals surface area contributed by atoms with E-state index in [4.69, 9.17) is 5.11 Å². The number of carbonyl (C=O) groups is 1. The molecule has 0 radical (unpaired) electrons. The number of aromatic amines is 1. The molecule has 0 fully saturated rings. The van der Waals surface area contributed by atoms with Gasteiger partial charge in [-0.1, -0.05) is 18.2 Å². The second-order valence-electron chi connectivity index (χ2n) is 3.55. The van der Waals surface area contributed by atoms with Crippen LogP contribution in [0.4, 0.5) is 0 Å². The smallest absolute Gasteiger partial charge is 0.392 e. The van der Waals surface area contributed by atoms with Crippen molar-refractivity contribution in [2.75, 3.05) is 6.54 Å². The molecule has 0 saturated carbocycles. The highest BCUT2D eigenvalue weighted by Gasteiger charge is 2.03. The van der Waals surface area contributed by atoms with Crippen LogP contribution in [-0.4, -0.2) is 28.8 Å². The minimum Gasteiger partial charge on any atom is -1.00 e. The summed E-state index contributed by atoms with van der Waals surface area (Å²) in [5.74, 6) is -0.945. The molecule has 90 valence electrons. The zero-order valence-corrected chi connectivity index (χ0v) is 9.87. The van der Waals surface area contributed by atoms with E-state index in [1.165, 1.54) is 10.9 Å². The fourth-order valence-corrected chi connectivity index (χ4v) is 1.70. The van der Waals surface area contributed by atoms with E-state index in [1.54, 1.807) is 0 Å². The monoisotopic (exact) mass is 252 g/mol. The van der Waals surface area contributed by atoms with Crippen molar-refractivity contribution in [1.29, 1.82) is 0 Å². The molecule has 0 bridgehead atoms. The van der Waals surface area contributed by atoms with Crippen LogP contribution in [0, 0.1) is 0 Å². The normalized spacial score (nSPS) is 10.6. The van der Waals surface area contributed by atoms with Gasteiger partial charge in [-0.3, -0.25) is 0 Å². The topological polar surface area (TPSA) is 67.1 Å². The number of nitrogens with one attached hydrogen (secondary N) is 2. The molecule has 3 N–H and O–H groups in total. The molecule has 1 aromatic carbocycles. The van der Waals surface area contributed by atoms with E-state index in [-0.39, 0.29) is 12.4 Å². The van der Waals surface area contributed by atoms with Crippen molar-refractivity contribution >= 4 is 23.1 Å². The lowest BCUT2D eigenvalue weighted by atomic mass is 10.1. The highest BCUT2D eigenvalue weighted by Crippen LogP contribution is 2.17. The lowest BCUT2D eigenvalue weighted by Crippen LogP contribution is -3.00. The van der Waals surface area contributed by atoms with Crippen molar-refractivity contribution in [1.82, 2.24) is 4.98 Å². The summed E-state index contributed by atoms with van der Waals surface area (Å²) in [6, 6.07) is 8.06. The summed E-state index contributed by atoms with van der Waals surface area (Å²) in [4.78, 5) is 16.2. The van der Waals surface area contributed by atoms with Gasteiger partial charge in [0.25, 0.3) is 0 Å². The summed E-state index contributed by atoms with van der Waals surface area (Å²) < 4.78 is 0. The van der Waals surface area contributed by atoms with Gasteiger partial charge < -0.3 is 22.5 Å². The average Bonchev–Trinajstić information content (AvgIpc) is 2.68. The van der Waals surface area contributed by atoms with E-state index in [9.17, 15) is 4.79 Å². The van der Waals surface area contributed by atoms with Gasteiger partial charge in [0.05, 0.1) is 0 Å². The summed E-state index contributed by atoms with van der Waals surface area (Å²) in [5, 5.41) is 9.61. The molecule has 0 aliphatic carbocycles. The molecule has 17 heavy (non-hydrogen) atoms. The molecule has 0 aliphatic rings. The predicted octanol–water partition coefficient (Wildman–Crippen LogP) is -3.05. The molecule has 4 nitrogen and oxygen atoms in total. The van der Waals surface area contributed by atoms with Gasteiger partial charge in [-0.2, -0.15) is 0 Å². The molecule has 2 rings (SSSR count). The second kappa shape index (κ2) is 6.06. The number of hydrogen-bond acceptors (Lipinski definition) is 1. The van der Waals surface area contributed by atoms with Gasteiger partial charge in [0, 0.05) is 23.5 Å². The Morgan fingerprint density at radius 1 is 1.41 bits per heavy atom. The van der Waals surface area contributed by atoms with E-state index in [0.29, 0.717) is 6.54 Å². The summed E-state index contributed by atoms with van der Waals surface area (Å²) in [5.41, 5.74) is 2.31. The van der Waals surface area contributed by atoms with Crippen molar-refractivity contribution < 1.29 is 27.3 Å². The molecule has 1 aromatic heterocycles. The first-order valence-electron chi connectivity index (χ1n) is 5.12. The largest absolute Gasteiger partial charge is 1.00 e. The van der Waals surface area contributed by atoms with Gasteiger partial charge in [-0.15, -0.1) is 0 Å². The first kappa shape index (κ1) is 13.3. The number of aliphatic carboxylic acids is 1. The molecular formula is C12H13ClN2O2. The average molecular weight is 253 g/mol. The fourth-order valence-electron chi connectivity index (χ4n) is 1.70. The molecule has 0 amide bonds. The third kappa shape index (κ3) is 3.32. The third-order valence-electron chi connectivity index (χ3n) is 2.44. The van der Waals surface area contributed by atoms with Gasteiger partial charge in [0.2, 0.25) is 6.21 Å². The quantitative estimate of drug-likeness (QED) is 0.506. The van der Waals surface area contributed by atoms with E-state index in [2.05, 4.69) is 16.0 Å². The molecule has 1 heterocycles. The van der Waals surface area contributed by atoms with Crippen molar-refractivity contribution in [3.05, 3.63) is 36.0 Å². The van der Waals surface area contributed by atoms with Crippen LogP contribution in [0.25, 0.3) is 10.9 Å². The number of rotatable bonds is 4. The van der Waals surface area contributed by atoms with Crippen molar-refractivity contribution in [3.63, 3.8) is 0 Å². The van der Waals surface area contributed by atoms with Crippen LogP contribution in [0.2, 0.25) is 0 Å². The van der Waals surface area contributed by atoms with Gasteiger partial charge in [0.15, 0.2) is 0 Å². The van der Waals surface area contributed by atoms with Crippen LogP contribution in [0.5, 0.6) is 0 Å². The SMILES string of the molecule is O=C(O)C=[NH+]CCc1c[nH]c2ccccc12.[Cl-]. The van der Waals surface area contributed by atoms with Gasteiger partial charge >= 0.3 is 5.97 Å². The number of carboxylic acids is 1. The molecule has 5 heteroatoms. The molecule has 0 atom stereocenters. The maximum absolute atomic E-state index is 10.2. The summed E-state index contributed by atoms with van der Waals surface area (Å²) in [6.07, 6.45) is 3.83. The standard InChI is InChI=1S/C12H12N2O2.ClH/c15-12(16)8-13-6-5-9-7-14-11-4-2-1-3-10(9)11;/h1-4,7-8,14H,5-6H2,(H,15,16);1H. The van der Waals surface area contributed by atoms with Crippen LogP contribution in [0.15, 0.2) is 30.5 Å². The van der Waals surface area contributed by atoms with Crippen LogP contribution in [0.1, 0.15) is 5.56 Å². The van der Waals surface area contributed by atoms with E-state index in [0.717, 1.165) is 18.2 Å². The maximum Gasteiger partial charge on any atom is 0.392 e. The minimum atomic E-state index is -0.945. The van der Waals surface area contributed by atoms with Crippen LogP contribution < -0.4 is 17.4 Å². The predicted molar refractivity (Wildman–Crippen MR) is 61.5 cm³/mol. The van der Waals surface area contributed by atoms with Gasteiger partial charge in [0.1, 0.15) is 6.54 Å². The Bertz CT molecular complexity index is 534. The van der Waals surface area contributed by atoms with Gasteiger partial charge in [-0.05, 0) is 11.6 Å².